The van der Waals surface area contributed by atoms with Crippen molar-refractivity contribution < 1.29 is 33.8 Å². The summed E-state index contributed by atoms with van der Waals surface area (Å²) in [5, 5.41) is 12.0. The maximum Gasteiger partial charge on any atom is 0.355 e. The number of carbonyl (C=O) groups is 4. The molecule has 0 saturated carbocycles. The highest BCUT2D eigenvalue weighted by atomic mass is 16.6. The molecule has 9 nitrogen and oxygen atoms in total. The van der Waals surface area contributed by atoms with Crippen molar-refractivity contribution in [3.8, 4) is 0 Å². The molecule has 9 heteroatoms. The molecular formula is C25H24N2O7. The number of fused-ring (bicyclic) bond motifs is 1. The van der Waals surface area contributed by atoms with Crippen LogP contribution in [0.3, 0.4) is 0 Å². The van der Waals surface area contributed by atoms with E-state index < -0.39 is 41.6 Å². The topological polar surface area (TPSA) is 122 Å². The van der Waals surface area contributed by atoms with E-state index in [2.05, 4.69) is 5.32 Å². The summed E-state index contributed by atoms with van der Waals surface area (Å²) < 4.78 is 10.9. The van der Waals surface area contributed by atoms with E-state index in [0.29, 0.717) is 11.1 Å². The number of ketones is 1. The first-order valence-corrected chi connectivity index (χ1v) is 10.7. The van der Waals surface area contributed by atoms with E-state index in [1.54, 1.807) is 68.4 Å². The van der Waals surface area contributed by atoms with Crippen LogP contribution in [0, 0.1) is 0 Å². The second-order valence-corrected chi connectivity index (χ2v) is 8.33. The number of esters is 1. The molecule has 2 N–H and O–H groups in total. The van der Waals surface area contributed by atoms with Crippen LogP contribution < -0.4 is 5.32 Å². The number of nitrogens with one attached hydrogen (secondary N) is 1. The van der Waals surface area contributed by atoms with Crippen molar-refractivity contribution in [2.45, 2.75) is 44.9 Å². The van der Waals surface area contributed by atoms with E-state index in [0.717, 1.165) is 10.5 Å². The molecule has 2 fully saturated rings. The zero-order valence-corrected chi connectivity index (χ0v) is 18.7. The Labute approximate surface area is 196 Å². The minimum atomic E-state index is -1.90. The highest BCUT2D eigenvalue weighted by molar-refractivity contribution is 6.19. The Balaban J connectivity index is 1.60. The van der Waals surface area contributed by atoms with Crippen LogP contribution in [0.25, 0.3) is 0 Å². The summed E-state index contributed by atoms with van der Waals surface area (Å²) >= 11 is 0. The van der Waals surface area contributed by atoms with Gasteiger partial charge in [0.1, 0.15) is 12.3 Å². The first-order chi connectivity index (χ1) is 16.3. The Kier molecular flexibility index (Phi) is 6.32. The number of allylic oxidation sites excluding steroid dienone is 1. The Hall–Kier alpha value is -3.82. The van der Waals surface area contributed by atoms with Gasteiger partial charge in [-0.1, -0.05) is 60.7 Å². The third kappa shape index (κ3) is 4.00. The molecule has 0 radical (unpaired) electrons. The zero-order valence-electron chi connectivity index (χ0n) is 18.7. The lowest BCUT2D eigenvalue weighted by molar-refractivity contribution is -0.186. The van der Waals surface area contributed by atoms with Gasteiger partial charge >= 0.3 is 11.9 Å². The van der Waals surface area contributed by atoms with Crippen LogP contribution in [0.15, 0.2) is 71.9 Å². The molecule has 2 aliphatic rings. The number of nitrogens with zero attached hydrogens (tertiary/aromatic N) is 1. The molecule has 0 aliphatic carbocycles. The molecule has 2 aliphatic heterocycles. The normalized spacial score (nSPS) is 23.0. The Bertz CT molecular complexity index is 1160. The molecule has 2 heterocycles. The summed E-state index contributed by atoms with van der Waals surface area (Å²) in [4.78, 5) is 52.3. The molecule has 0 spiro atoms. The summed E-state index contributed by atoms with van der Waals surface area (Å²) in [5.41, 5.74) is -0.104. The molecule has 34 heavy (non-hydrogen) atoms. The fourth-order valence-electron chi connectivity index (χ4n) is 4.13. The molecule has 1 amide bonds. The average molecular weight is 464 g/mol. The summed E-state index contributed by atoms with van der Waals surface area (Å²) in [5.74, 6) is -3.45. The van der Waals surface area contributed by atoms with Gasteiger partial charge in [-0.2, -0.15) is 0 Å². The highest BCUT2D eigenvalue weighted by Gasteiger charge is 2.73. The number of amides is 1. The number of rotatable bonds is 8. The number of likely N-dealkylation sites (tertiary alicyclic amines) is 1. The zero-order chi connectivity index (χ0) is 24.5. The van der Waals surface area contributed by atoms with Crippen molar-refractivity contribution in [1.29, 1.82) is 0 Å². The van der Waals surface area contributed by atoms with Crippen molar-refractivity contribution in [2.24, 2.45) is 0 Å². The third-order valence-corrected chi connectivity index (χ3v) is 5.78. The van der Waals surface area contributed by atoms with Crippen LogP contribution in [0.4, 0.5) is 0 Å². The van der Waals surface area contributed by atoms with Gasteiger partial charge in [0.15, 0.2) is 12.0 Å². The number of benzene rings is 2. The smallest absolute Gasteiger partial charge is 0.355 e. The van der Waals surface area contributed by atoms with E-state index in [1.165, 1.54) is 0 Å². The Morgan fingerprint density at radius 2 is 1.62 bits per heavy atom. The number of Topliss-reactive ketones (excluding diaryl/α,β-unsaturated/α-hetero) is 1. The molecule has 2 saturated heterocycles. The largest absolute Gasteiger partial charge is 0.478 e. The second-order valence-electron chi connectivity index (χ2n) is 8.33. The molecular weight excluding hydrogens is 440 g/mol. The van der Waals surface area contributed by atoms with Crippen LogP contribution in [-0.2, 0) is 41.7 Å². The van der Waals surface area contributed by atoms with Gasteiger partial charge in [0.05, 0.1) is 0 Å². The number of ether oxygens (including phenoxy) is 2. The van der Waals surface area contributed by atoms with E-state index in [9.17, 15) is 24.3 Å². The molecule has 0 bridgehead atoms. The lowest BCUT2D eigenvalue weighted by atomic mass is 9.79. The average Bonchev–Trinajstić information content (AvgIpc) is 3.19. The van der Waals surface area contributed by atoms with Crippen molar-refractivity contribution in [2.75, 3.05) is 0 Å². The van der Waals surface area contributed by atoms with Crippen LogP contribution in [0.2, 0.25) is 0 Å². The lowest BCUT2D eigenvalue weighted by Gasteiger charge is -2.49. The third-order valence-electron chi connectivity index (χ3n) is 5.78. The van der Waals surface area contributed by atoms with Gasteiger partial charge in [0, 0.05) is 6.42 Å². The molecule has 2 aromatic rings. The fourth-order valence-corrected chi connectivity index (χ4v) is 4.13. The van der Waals surface area contributed by atoms with Crippen LogP contribution in [0.1, 0.15) is 25.0 Å². The van der Waals surface area contributed by atoms with E-state index >= 15 is 0 Å². The van der Waals surface area contributed by atoms with Crippen molar-refractivity contribution in [3.63, 3.8) is 0 Å². The van der Waals surface area contributed by atoms with Gasteiger partial charge in [-0.05, 0) is 30.5 Å². The summed E-state index contributed by atoms with van der Waals surface area (Å²) in [6, 6.07) is 17.8. The van der Waals surface area contributed by atoms with Gasteiger partial charge in [0.25, 0.3) is 5.91 Å². The molecule has 4 rings (SSSR count). The number of carboxylic acids is 1. The Morgan fingerprint density at radius 1 is 1.03 bits per heavy atom. The minimum Gasteiger partial charge on any atom is -0.478 e. The second kappa shape index (κ2) is 9.20. The van der Waals surface area contributed by atoms with Crippen molar-refractivity contribution in [3.05, 3.63) is 83.1 Å². The van der Waals surface area contributed by atoms with Crippen molar-refractivity contribution in [1.82, 2.24) is 10.2 Å². The first-order valence-electron chi connectivity index (χ1n) is 10.7. The number of carbonyl (C=O) groups excluding carboxylic acids is 3. The quantitative estimate of drug-likeness (QED) is 0.262. The Morgan fingerprint density at radius 3 is 2.18 bits per heavy atom. The van der Waals surface area contributed by atoms with Gasteiger partial charge in [-0.15, -0.1) is 0 Å². The number of aliphatic carboxylic acids is 1. The standard InChI is InChI=1S/C25H24N2O7/c1-15(2)19(22(31)33-14-17-11-7-4-8-12-17)27-23(32)25(24(27)34-20(26-25)21(29)30)18(28)13-16-9-5-3-6-10-16/h3-12,20,24,26H,13-14H2,1-2H3,(H,29,30). The highest BCUT2D eigenvalue weighted by Crippen LogP contribution is 2.43. The molecule has 0 aromatic heterocycles. The summed E-state index contributed by atoms with van der Waals surface area (Å²) in [6.07, 6.45) is -2.99. The number of carboxylic acid groups (broad SMARTS) is 1. The fraction of sp³-hybridized carbons (Fsp3) is 0.280. The van der Waals surface area contributed by atoms with Crippen molar-refractivity contribution >= 4 is 23.6 Å². The minimum absolute atomic E-state index is 0.0158. The monoisotopic (exact) mass is 464 g/mol. The van der Waals surface area contributed by atoms with Gasteiger partial charge < -0.3 is 14.6 Å². The van der Waals surface area contributed by atoms with E-state index in [4.69, 9.17) is 9.47 Å². The molecule has 2 aromatic carbocycles. The predicted molar refractivity (Wildman–Crippen MR) is 119 cm³/mol. The first kappa shape index (κ1) is 23.3. The van der Waals surface area contributed by atoms with Gasteiger partial charge in [-0.25, -0.2) is 9.59 Å². The van der Waals surface area contributed by atoms with Crippen LogP contribution in [-0.4, -0.2) is 51.6 Å². The number of hydrogen-bond acceptors (Lipinski definition) is 7. The van der Waals surface area contributed by atoms with Crippen LogP contribution in [0.5, 0.6) is 0 Å². The molecule has 3 unspecified atom stereocenters. The number of hydrogen-bond donors (Lipinski definition) is 2. The predicted octanol–water partition coefficient (Wildman–Crippen LogP) is 1.77. The van der Waals surface area contributed by atoms with Crippen LogP contribution >= 0.6 is 0 Å². The lowest BCUT2D eigenvalue weighted by Crippen LogP contribution is -2.79. The van der Waals surface area contributed by atoms with E-state index in [1.807, 2.05) is 6.07 Å². The molecule has 3 atom stereocenters. The summed E-state index contributed by atoms with van der Waals surface area (Å²) in [6.45, 7) is 3.22. The maximum absolute atomic E-state index is 13.4. The maximum atomic E-state index is 13.4. The van der Waals surface area contributed by atoms with Gasteiger partial charge in [-0.3, -0.25) is 19.8 Å². The number of β-lactam (4-membered cyclic amide) rings is 1. The SMILES string of the molecule is CC(C)=C(C(=O)OCc1ccccc1)N1C(=O)C2(C(=O)Cc3ccccc3)NC(C(=O)O)OC12. The summed E-state index contributed by atoms with van der Waals surface area (Å²) in [7, 11) is 0. The van der Waals surface area contributed by atoms with E-state index in [-0.39, 0.29) is 18.7 Å². The van der Waals surface area contributed by atoms with Gasteiger partial charge in [0.2, 0.25) is 11.8 Å². The molecule has 176 valence electrons.